The number of nitrogens with zero attached hydrogens (tertiary/aromatic N) is 1. The molecule has 180 valence electrons. The lowest BCUT2D eigenvalue weighted by molar-refractivity contribution is -0.142. The monoisotopic (exact) mass is 473 g/mol. The molecular weight excluding hydrogens is 438 g/mol. The zero-order valence-electron chi connectivity index (χ0n) is 19.6. The van der Waals surface area contributed by atoms with Crippen LogP contribution in [0, 0.1) is 11.8 Å². The lowest BCUT2D eigenvalue weighted by atomic mass is 9.70. The first-order chi connectivity index (χ1) is 15.9. The molecule has 0 aromatic heterocycles. The normalized spacial score (nSPS) is 31.9. The summed E-state index contributed by atoms with van der Waals surface area (Å²) in [6, 6.07) is 8.18. The maximum Gasteiger partial charge on any atom is 0.244 e. The van der Waals surface area contributed by atoms with Crippen molar-refractivity contribution in [3.8, 4) is 0 Å². The predicted molar refractivity (Wildman–Crippen MR) is 130 cm³/mol. The smallest absolute Gasteiger partial charge is 0.244 e. The van der Waals surface area contributed by atoms with Crippen LogP contribution in [0.2, 0.25) is 0 Å². The zero-order chi connectivity index (χ0) is 23.8. The van der Waals surface area contributed by atoms with E-state index in [2.05, 4.69) is 17.6 Å². The van der Waals surface area contributed by atoms with Crippen molar-refractivity contribution in [1.82, 2.24) is 10.2 Å². The fraction of sp³-hybridized carbons (Fsp3) is 0.640. The number of thioether (sulfide) groups is 1. The molecule has 8 heteroatoms. The first kappa shape index (κ1) is 24.1. The summed E-state index contributed by atoms with van der Waals surface area (Å²) >= 11 is 1.65. The number of aliphatic hydroxyl groups excluding tert-OH is 1. The molecule has 1 aromatic carbocycles. The fourth-order valence-electron chi connectivity index (χ4n) is 6.07. The number of likely N-dealkylation sites (tertiary alicyclic amines) is 1. The van der Waals surface area contributed by atoms with E-state index in [4.69, 9.17) is 0 Å². The highest BCUT2D eigenvalue weighted by atomic mass is 32.2. The van der Waals surface area contributed by atoms with Crippen LogP contribution in [0.4, 0.5) is 5.69 Å². The van der Waals surface area contributed by atoms with Crippen molar-refractivity contribution < 1.29 is 19.5 Å². The van der Waals surface area contributed by atoms with Crippen molar-refractivity contribution in [1.29, 1.82) is 0 Å². The Balaban J connectivity index is 1.67. The topological polar surface area (TPSA) is 98.7 Å². The summed E-state index contributed by atoms with van der Waals surface area (Å²) in [5, 5.41) is 16.2. The van der Waals surface area contributed by atoms with Crippen LogP contribution in [0.25, 0.3) is 0 Å². The number of anilines is 1. The van der Waals surface area contributed by atoms with E-state index in [0.29, 0.717) is 12.1 Å². The third-order valence-electron chi connectivity index (χ3n) is 7.52. The van der Waals surface area contributed by atoms with Crippen LogP contribution in [0.3, 0.4) is 0 Å². The van der Waals surface area contributed by atoms with E-state index in [-0.39, 0.29) is 35.6 Å². The second-order valence-electron chi connectivity index (χ2n) is 9.60. The second-order valence-corrected chi connectivity index (χ2v) is 11.2. The highest BCUT2D eigenvalue weighted by Crippen LogP contribution is 2.66. The molecule has 1 spiro atoms. The minimum absolute atomic E-state index is 0.00452. The number of hydrogen-bond donors (Lipinski definition) is 3. The van der Waals surface area contributed by atoms with Crippen molar-refractivity contribution in [3.63, 3.8) is 0 Å². The molecule has 4 rings (SSSR count). The number of hydrogen-bond acceptors (Lipinski definition) is 5. The van der Waals surface area contributed by atoms with E-state index in [1.807, 2.05) is 44.2 Å². The Morgan fingerprint density at radius 2 is 1.97 bits per heavy atom. The molecule has 3 aliphatic rings. The summed E-state index contributed by atoms with van der Waals surface area (Å²) in [6.07, 6.45) is 3.90. The van der Waals surface area contributed by atoms with Crippen LogP contribution in [0.15, 0.2) is 30.3 Å². The van der Waals surface area contributed by atoms with Gasteiger partial charge in [-0.1, -0.05) is 38.5 Å². The summed E-state index contributed by atoms with van der Waals surface area (Å²) < 4.78 is -0.626. The highest BCUT2D eigenvalue weighted by molar-refractivity contribution is 8.02. The van der Waals surface area contributed by atoms with E-state index in [9.17, 15) is 19.5 Å². The Kier molecular flexibility index (Phi) is 7.05. The van der Waals surface area contributed by atoms with Crippen molar-refractivity contribution in [2.75, 3.05) is 11.9 Å². The molecule has 0 saturated carbocycles. The third-order valence-corrected chi connectivity index (χ3v) is 9.47. The standard InChI is InChI=1S/C25H35N3O4S/c1-4-9-15(3)26-23(31)21-25-13-12-18(33-25)19(22(30)27-16-10-7-6-8-11-16)20(25)24(32)28(21)17(5-2)14-29/h6-8,10-11,15,17-21,29H,4-5,9,12-14H2,1-3H3,(H,26,31)(H,27,30)/t15?,17-,18+,19-,20-,21?,25?/m0/s1. The van der Waals surface area contributed by atoms with Gasteiger partial charge in [-0.05, 0) is 44.7 Å². The Labute approximate surface area is 200 Å². The fourth-order valence-corrected chi connectivity index (χ4v) is 8.28. The van der Waals surface area contributed by atoms with Crippen LogP contribution in [0.1, 0.15) is 52.9 Å². The van der Waals surface area contributed by atoms with Gasteiger partial charge in [0, 0.05) is 17.0 Å². The number of rotatable bonds is 9. The van der Waals surface area contributed by atoms with Gasteiger partial charge in [-0.25, -0.2) is 0 Å². The largest absolute Gasteiger partial charge is 0.394 e. The number of benzene rings is 1. The quantitative estimate of drug-likeness (QED) is 0.512. The van der Waals surface area contributed by atoms with Crippen molar-refractivity contribution in [2.45, 2.75) is 81.0 Å². The van der Waals surface area contributed by atoms with Gasteiger partial charge in [-0.2, -0.15) is 0 Å². The van der Waals surface area contributed by atoms with Crippen LogP contribution in [-0.2, 0) is 14.4 Å². The number of amides is 3. The lowest BCUT2D eigenvalue weighted by Gasteiger charge is -2.37. The maximum absolute atomic E-state index is 13.9. The molecular formula is C25H35N3O4S. The van der Waals surface area contributed by atoms with Gasteiger partial charge in [0.1, 0.15) is 6.04 Å². The van der Waals surface area contributed by atoms with Gasteiger partial charge >= 0.3 is 0 Å². The van der Waals surface area contributed by atoms with Crippen LogP contribution < -0.4 is 10.6 Å². The summed E-state index contributed by atoms with van der Waals surface area (Å²) in [7, 11) is 0. The summed E-state index contributed by atoms with van der Waals surface area (Å²) in [5.41, 5.74) is 0.705. The van der Waals surface area contributed by atoms with E-state index < -0.39 is 28.7 Å². The minimum Gasteiger partial charge on any atom is -0.394 e. The van der Waals surface area contributed by atoms with Gasteiger partial charge in [-0.3, -0.25) is 14.4 Å². The van der Waals surface area contributed by atoms with Crippen LogP contribution >= 0.6 is 11.8 Å². The van der Waals surface area contributed by atoms with Gasteiger partial charge in [0.2, 0.25) is 17.7 Å². The van der Waals surface area contributed by atoms with Gasteiger partial charge in [0.25, 0.3) is 0 Å². The molecule has 0 radical (unpaired) electrons. The van der Waals surface area contributed by atoms with Gasteiger partial charge < -0.3 is 20.6 Å². The molecule has 3 fully saturated rings. The average molecular weight is 474 g/mol. The number of nitrogens with one attached hydrogen (secondary N) is 2. The molecule has 3 saturated heterocycles. The van der Waals surface area contributed by atoms with Crippen molar-refractivity contribution in [3.05, 3.63) is 30.3 Å². The SMILES string of the molecule is CCCC(C)NC(=O)C1N([C@@H](CC)CO)C(=O)[C@@H]2[C@@H](C(=O)Nc3ccccc3)[C@H]3CCC12S3. The number of para-hydroxylation sites is 1. The zero-order valence-corrected chi connectivity index (χ0v) is 20.4. The van der Waals surface area contributed by atoms with Crippen LogP contribution in [-0.4, -0.2) is 62.5 Å². The summed E-state index contributed by atoms with van der Waals surface area (Å²) in [5.74, 6) is -1.52. The average Bonchev–Trinajstić information content (AvgIpc) is 3.43. The highest BCUT2D eigenvalue weighted by Gasteiger charge is 2.74. The molecule has 3 unspecified atom stereocenters. The Hall–Kier alpha value is -2.06. The molecule has 7 atom stereocenters. The maximum atomic E-state index is 13.9. The molecule has 7 nitrogen and oxygen atoms in total. The summed E-state index contributed by atoms with van der Waals surface area (Å²) in [6.45, 7) is 5.77. The number of aliphatic hydroxyl groups is 1. The van der Waals surface area contributed by atoms with E-state index in [0.717, 1.165) is 25.7 Å². The molecule has 3 N–H and O–H groups in total. The van der Waals surface area contributed by atoms with Crippen molar-refractivity contribution in [2.24, 2.45) is 11.8 Å². The first-order valence-corrected chi connectivity index (χ1v) is 13.0. The molecule has 2 bridgehead atoms. The van der Waals surface area contributed by atoms with Gasteiger partial charge in [0.15, 0.2) is 0 Å². The Morgan fingerprint density at radius 1 is 1.24 bits per heavy atom. The molecule has 1 aromatic rings. The number of carbonyl (C=O) groups is 3. The summed E-state index contributed by atoms with van der Waals surface area (Å²) in [4.78, 5) is 42.5. The number of fused-ring (bicyclic) bond motifs is 1. The Morgan fingerprint density at radius 3 is 2.61 bits per heavy atom. The Bertz CT molecular complexity index is 893. The van der Waals surface area contributed by atoms with E-state index in [1.165, 1.54) is 0 Å². The van der Waals surface area contributed by atoms with Gasteiger partial charge in [-0.15, -0.1) is 11.8 Å². The van der Waals surface area contributed by atoms with Crippen LogP contribution in [0.5, 0.6) is 0 Å². The first-order valence-electron chi connectivity index (χ1n) is 12.1. The molecule has 33 heavy (non-hydrogen) atoms. The van der Waals surface area contributed by atoms with E-state index >= 15 is 0 Å². The predicted octanol–water partition coefficient (Wildman–Crippen LogP) is 2.79. The molecule has 3 amide bonds. The lowest BCUT2D eigenvalue weighted by Crippen LogP contribution is -2.57. The van der Waals surface area contributed by atoms with Crippen molar-refractivity contribution >= 4 is 35.2 Å². The third kappa shape index (κ3) is 4.05. The molecule has 3 heterocycles. The van der Waals surface area contributed by atoms with E-state index in [1.54, 1.807) is 16.7 Å². The minimum atomic E-state index is -0.670. The molecule has 0 aliphatic carbocycles. The molecule has 3 aliphatic heterocycles. The van der Waals surface area contributed by atoms with Gasteiger partial charge in [0.05, 0.1) is 29.2 Å². The number of carbonyl (C=O) groups excluding carboxylic acids is 3. The second kappa shape index (κ2) is 9.66.